The molecule has 0 spiro atoms. The molecule has 1 aromatic heterocycles. The number of para-hydroxylation sites is 1. The van der Waals surface area contributed by atoms with Gasteiger partial charge in [0.25, 0.3) is 5.91 Å². The number of nitrogens with one attached hydrogen (secondary N) is 1. The molecule has 0 unspecified atom stereocenters. The van der Waals surface area contributed by atoms with Gasteiger partial charge in [-0.1, -0.05) is 39.0 Å². The van der Waals surface area contributed by atoms with E-state index in [1.807, 2.05) is 45.0 Å². The molecule has 0 saturated heterocycles. The number of amides is 1. The van der Waals surface area contributed by atoms with Crippen LogP contribution in [0.2, 0.25) is 0 Å². The van der Waals surface area contributed by atoms with Gasteiger partial charge in [-0.25, -0.2) is 0 Å². The number of hydrogen-bond donors (Lipinski definition) is 1. The predicted octanol–water partition coefficient (Wildman–Crippen LogP) is 2.58. The van der Waals surface area contributed by atoms with Gasteiger partial charge in [0.2, 0.25) is 0 Å². The Hall–Kier alpha value is -2.23. The zero-order valence-corrected chi connectivity index (χ0v) is 11.9. The maximum absolute atomic E-state index is 12.2. The van der Waals surface area contributed by atoms with Crippen LogP contribution in [0, 0.1) is 5.41 Å². The third-order valence-electron chi connectivity index (χ3n) is 3.12. The largest absolute Gasteiger partial charge is 0.345 e. The molecule has 0 atom stereocenters. The van der Waals surface area contributed by atoms with E-state index in [-0.39, 0.29) is 18.2 Å². The lowest BCUT2D eigenvalue weighted by atomic mass is 9.91. The summed E-state index contributed by atoms with van der Waals surface area (Å²) in [6.45, 7) is 5.54. The van der Waals surface area contributed by atoms with Crippen LogP contribution in [-0.2, 0) is 4.79 Å². The first kappa shape index (κ1) is 14.2. The zero-order valence-electron chi connectivity index (χ0n) is 11.9. The first-order chi connectivity index (χ1) is 9.39. The highest BCUT2D eigenvalue weighted by atomic mass is 16.2. The fraction of sp³-hybridized carbons (Fsp3) is 0.312. The van der Waals surface area contributed by atoms with Crippen molar-refractivity contribution in [2.75, 3.05) is 6.54 Å². The number of carbonyl (C=O) groups excluding carboxylic acids is 2. The van der Waals surface area contributed by atoms with Gasteiger partial charge in [0.05, 0.1) is 17.6 Å². The van der Waals surface area contributed by atoms with Crippen LogP contribution in [0.1, 0.15) is 31.1 Å². The molecule has 1 heterocycles. The quantitative estimate of drug-likeness (QED) is 0.932. The van der Waals surface area contributed by atoms with E-state index in [1.54, 1.807) is 12.3 Å². The highest BCUT2D eigenvalue weighted by Crippen LogP contribution is 2.16. The summed E-state index contributed by atoms with van der Waals surface area (Å²) in [6, 6.07) is 9.16. The average Bonchev–Trinajstić information content (AvgIpc) is 2.42. The van der Waals surface area contributed by atoms with Crippen LogP contribution in [0.5, 0.6) is 0 Å². The number of aromatic nitrogens is 1. The number of fused-ring (bicyclic) bond motifs is 1. The van der Waals surface area contributed by atoms with Gasteiger partial charge in [0, 0.05) is 17.0 Å². The van der Waals surface area contributed by atoms with Crippen molar-refractivity contribution in [2.24, 2.45) is 5.41 Å². The molecule has 1 amide bonds. The molecular formula is C16H18N2O2. The molecule has 2 rings (SSSR count). The summed E-state index contributed by atoms with van der Waals surface area (Å²) in [5.41, 5.74) is 0.685. The van der Waals surface area contributed by atoms with Gasteiger partial charge in [-0.2, -0.15) is 0 Å². The summed E-state index contributed by atoms with van der Waals surface area (Å²) in [5.74, 6) is -0.272. The Morgan fingerprint density at radius 3 is 2.55 bits per heavy atom. The Morgan fingerprint density at radius 2 is 1.85 bits per heavy atom. The van der Waals surface area contributed by atoms with E-state index in [1.165, 1.54) is 0 Å². The van der Waals surface area contributed by atoms with E-state index in [9.17, 15) is 9.59 Å². The van der Waals surface area contributed by atoms with Gasteiger partial charge in [-0.3, -0.25) is 14.6 Å². The number of rotatable bonds is 3. The smallest absolute Gasteiger partial charge is 0.253 e. The van der Waals surface area contributed by atoms with Crippen molar-refractivity contribution in [1.29, 1.82) is 0 Å². The molecule has 1 aromatic carbocycles. The van der Waals surface area contributed by atoms with Crippen LogP contribution >= 0.6 is 0 Å². The minimum Gasteiger partial charge on any atom is -0.345 e. The Bertz CT molecular complexity index is 652. The molecule has 1 N–H and O–H groups in total. The van der Waals surface area contributed by atoms with Gasteiger partial charge in [0.15, 0.2) is 5.78 Å². The lowest BCUT2D eigenvalue weighted by molar-refractivity contribution is -0.125. The Kier molecular flexibility index (Phi) is 3.84. The molecular weight excluding hydrogens is 252 g/mol. The summed E-state index contributed by atoms with van der Waals surface area (Å²) < 4.78 is 0. The molecule has 2 aromatic rings. The number of carbonyl (C=O) groups is 2. The molecule has 0 aliphatic rings. The highest BCUT2D eigenvalue weighted by molar-refractivity contribution is 6.06. The Balaban J connectivity index is 2.18. The van der Waals surface area contributed by atoms with Crippen molar-refractivity contribution in [3.05, 3.63) is 42.1 Å². The van der Waals surface area contributed by atoms with Crippen LogP contribution in [0.25, 0.3) is 10.9 Å². The predicted molar refractivity (Wildman–Crippen MR) is 78.5 cm³/mol. The van der Waals surface area contributed by atoms with Gasteiger partial charge >= 0.3 is 0 Å². The number of Topliss-reactive ketones (excluding diaryl/α,β-unsaturated/α-hetero) is 1. The molecule has 20 heavy (non-hydrogen) atoms. The molecule has 0 bridgehead atoms. The zero-order chi connectivity index (χ0) is 14.8. The van der Waals surface area contributed by atoms with E-state index >= 15 is 0 Å². The van der Waals surface area contributed by atoms with Crippen molar-refractivity contribution in [3.63, 3.8) is 0 Å². The van der Waals surface area contributed by atoms with E-state index in [0.29, 0.717) is 11.1 Å². The van der Waals surface area contributed by atoms with E-state index < -0.39 is 5.41 Å². The van der Waals surface area contributed by atoms with Gasteiger partial charge in [-0.15, -0.1) is 0 Å². The van der Waals surface area contributed by atoms with Crippen LogP contribution in [-0.4, -0.2) is 23.2 Å². The maximum Gasteiger partial charge on any atom is 0.253 e. The summed E-state index contributed by atoms with van der Waals surface area (Å²) in [5, 5.41) is 3.57. The maximum atomic E-state index is 12.2. The second kappa shape index (κ2) is 5.41. The van der Waals surface area contributed by atoms with E-state index in [2.05, 4.69) is 10.3 Å². The second-order valence-corrected chi connectivity index (χ2v) is 5.74. The molecule has 4 nitrogen and oxygen atoms in total. The molecule has 0 aliphatic heterocycles. The van der Waals surface area contributed by atoms with Crippen LogP contribution in [0.3, 0.4) is 0 Å². The summed E-state index contributed by atoms with van der Waals surface area (Å²) in [6.07, 6.45) is 1.65. The summed E-state index contributed by atoms with van der Waals surface area (Å²) >= 11 is 0. The summed E-state index contributed by atoms with van der Waals surface area (Å²) in [4.78, 5) is 28.3. The monoisotopic (exact) mass is 270 g/mol. The first-order valence-electron chi connectivity index (χ1n) is 6.55. The second-order valence-electron chi connectivity index (χ2n) is 5.74. The topological polar surface area (TPSA) is 59.1 Å². The fourth-order valence-electron chi connectivity index (χ4n) is 1.81. The SMILES string of the molecule is CC(C)(C)C(=O)CNC(=O)c1cccc2cccnc12. The molecule has 0 fully saturated rings. The van der Waals surface area contributed by atoms with Gasteiger partial charge < -0.3 is 5.32 Å². The number of ketones is 1. The van der Waals surface area contributed by atoms with Gasteiger partial charge in [-0.05, 0) is 12.1 Å². The Morgan fingerprint density at radius 1 is 1.15 bits per heavy atom. The van der Waals surface area contributed by atoms with E-state index in [0.717, 1.165) is 5.39 Å². The number of nitrogens with zero attached hydrogens (tertiary/aromatic N) is 1. The summed E-state index contributed by atoms with van der Waals surface area (Å²) in [7, 11) is 0. The minimum absolute atomic E-state index is 0.000883. The fourth-order valence-corrected chi connectivity index (χ4v) is 1.81. The number of hydrogen-bond acceptors (Lipinski definition) is 3. The molecule has 0 aliphatic carbocycles. The van der Waals surface area contributed by atoms with Crippen molar-refractivity contribution < 1.29 is 9.59 Å². The minimum atomic E-state index is -0.454. The highest BCUT2D eigenvalue weighted by Gasteiger charge is 2.22. The van der Waals surface area contributed by atoms with Crippen molar-refractivity contribution in [3.8, 4) is 0 Å². The van der Waals surface area contributed by atoms with Gasteiger partial charge in [0.1, 0.15) is 0 Å². The average molecular weight is 270 g/mol. The number of benzene rings is 1. The van der Waals surface area contributed by atoms with Crippen molar-refractivity contribution in [2.45, 2.75) is 20.8 Å². The van der Waals surface area contributed by atoms with E-state index in [4.69, 9.17) is 0 Å². The van der Waals surface area contributed by atoms with Crippen molar-refractivity contribution in [1.82, 2.24) is 10.3 Å². The molecule has 0 radical (unpaired) electrons. The Labute approximate surface area is 118 Å². The van der Waals surface area contributed by atoms with Crippen LogP contribution in [0.4, 0.5) is 0 Å². The molecule has 0 saturated carbocycles. The first-order valence-corrected chi connectivity index (χ1v) is 6.55. The standard InChI is InChI=1S/C16H18N2O2/c1-16(2,3)13(19)10-18-15(20)12-8-4-6-11-7-5-9-17-14(11)12/h4-9H,10H2,1-3H3,(H,18,20). The van der Waals surface area contributed by atoms with Crippen molar-refractivity contribution >= 4 is 22.6 Å². The normalized spacial score (nSPS) is 11.3. The third kappa shape index (κ3) is 3.02. The molecule has 4 heteroatoms. The third-order valence-corrected chi connectivity index (χ3v) is 3.12. The molecule has 104 valence electrons. The number of pyridine rings is 1. The van der Waals surface area contributed by atoms with Crippen LogP contribution in [0.15, 0.2) is 36.5 Å². The lowest BCUT2D eigenvalue weighted by Gasteiger charge is -2.16. The van der Waals surface area contributed by atoms with Crippen LogP contribution < -0.4 is 5.32 Å². The lowest BCUT2D eigenvalue weighted by Crippen LogP contribution is -2.35.